The van der Waals surface area contributed by atoms with E-state index in [1.807, 2.05) is 12.1 Å². The molecular formula is C40H56N8O10. The minimum Gasteiger partial charge on any atom is -0.444 e. The van der Waals surface area contributed by atoms with Crippen LogP contribution in [0.4, 0.5) is 9.59 Å². The first-order valence-electron chi connectivity index (χ1n) is 19.3. The fourth-order valence-electron chi connectivity index (χ4n) is 5.88. The zero-order chi connectivity index (χ0) is 42.8. The highest BCUT2D eigenvalue weighted by Crippen LogP contribution is 2.20. The molecule has 0 unspecified atom stereocenters. The predicted octanol–water partition coefficient (Wildman–Crippen LogP) is 1.18. The molecule has 0 spiro atoms. The summed E-state index contributed by atoms with van der Waals surface area (Å²) in [5.41, 5.74) is 1.47. The normalized spacial score (nSPS) is 18.0. The first-order chi connectivity index (χ1) is 27.5. The van der Waals surface area contributed by atoms with Crippen molar-refractivity contribution in [3.05, 3.63) is 71.8 Å². The Morgan fingerprint density at radius 2 is 0.759 bits per heavy atom. The number of amides is 8. The van der Waals surface area contributed by atoms with Crippen molar-refractivity contribution in [2.75, 3.05) is 0 Å². The lowest BCUT2D eigenvalue weighted by Crippen LogP contribution is -2.60. The number of carbonyl (C=O) groups excluding carboxylic acids is 8. The fourth-order valence-corrected chi connectivity index (χ4v) is 5.88. The highest BCUT2D eigenvalue weighted by Gasteiger charge is 2.32. The monoisotopic (exact) mass is 808 g/mol. The molecule has 3 rings (SSSR count). The number of alkyl carbamates (subject to hydrolysis) is 2. The highest BCUT2D eigenvalue weighted by atomic mass is 16.6. The Balaban J connectivity index is 1.39. The van der Waals surface area contributed by atoms with E-state index in [1.165, 1.54) is 27.7 Å². The van der Waals surface area contributed by atoms with Crippen LogP contribution < -0.4 is 42.5 Å². The standard InChI is InChI=1S/C40H56N8O10/c1-23(33(49)43-25(3)35(51)45-27(5)37(53)47-39(55)57-21-29-15-9-7-10-16-29)41-31-19-13-14-20-32(31)42-24(2)34(50)44-26(4)36(52)46-28(6)38(54)48-40(56)58-22-30-17-11-8-12-18-30/h7-12,15-18,23-28,31-32,41-42H,13-14,19-22H2,1-6H3,(H,43,49)(H,44,50)(H,45,51)(H,46,52)(H,47,53,55)(H,48,54,56)/t23-,24-,25+,26+,27-,28-,31+,32+/m0/s1. The van der Waals surface area contributed by atoms with E-state index in [-0.39, 0.29) is 25.3 Å². The molecule has 18 nitrogen and oxygen atoms in total. The molecule has 1 aliphatic carbocycles. The van der Waals surface area contributed by atoms with Crippen LogP contribution in [0.3, 0.4) is 0 Å². The Bertz CT molecular complexity index is 1600. The van der Waals surface area contributed by atoms with Crippen LogP contribution in [0, 0.1) is 0 Å². The molecule has 0 heterocycles. The van der Waals surface area contributed by atoms with Gasteiger partial charge in [0, 0.05) is 12.1 Å². The van der Waals surface area contributed by atoms with Gasteiger partial charge in [-0.3, -0.25) is 39.4 Å². The van der Waals surface area contributed by atoms with Crippen LogP contribution in [0.1, 0.15) is 78.4 Å². The second-order valence-electron chi connectivity index (χ2n) is 14.3. The van der Waals surface area contributed by atoms with Crippen LogP contribution in [0.25, 0.3) is 0 Å². The molecule has 0 bridgehead atoms. The van der Waals surface area contributed by atoms with Crippen LogP contribution in [0.15, 0.2) is 60.7 Å². The molecule has 0 saturated heterocycles. The third-order valence-corrected chi connectivity index (χ3v) is 9.36. The molecule has 0 radical (unpaired) electrons. The van der Waals surface area contributed by atoms with Gasteiger partial charge in [-0.25, -0.2) is 9.59 Å². The van der Waals surface area contributed by atoms with Crippen molar-refractivity contribution < 1.29 is 47.8 Å². The molecule has 0 aliphatic heterocycles. The molecule has 8 amide bonds. The summed E-state index contributed by atoms with van der Waals surface area (Å²) in [6.07, 6.45) is 1.26. The molecule has 8 atom stereocenters. The predicted molar refractivity (Wildman–Crippen MR) is 211 cm³/mol. The van der Waals surface area contributed by atoms with E-state index in [4.69, 9.17) is 9.47 Å². The summed E-state index contributed by atoms with van der Waals surface area (Å²) in [5, 5.41) is 20.9. The zero-order valence-electron chi connectivity index (χ0n) is 33.7. The van der Waals surface area contributed by atoms with Gasteiger partial charge in [-0.15, -0.1) is 0 Å². The van der Waals surface area contributed by atoms with E-state index in [2.05, 4.69) is 42.5 Å². The topological polar surface area (TPSA) is 251 Å². The summed E-state index contributed by atoms with van der Waals surface area (Å²) in [4.78, 5) is 101. The Labute approximate surface area is 338 Å². The van der Waals surface area contributed by atoms with E-state index < -0.39 is 83.9 Å². The van der Waals surface area contributed by atoms with E-state index >= 15 is 0 Å². The lowest BCUT2D eigenvalue weighted by Gasteiger charge is -2.36. The van der Waals surface area contributed by atoms with Crippen molar-refractivity contribution in [1.82, 2.24) is 42.5 Å². The Morgan fingerprint density at radius 3 is 1.09 bits per heavy atom. The molecule has 2 aromatic carbocycles. The van der Waals surface area contributed by atoms with E-state index in [9.17, 15) is 38.4 Å². The van der Waals surface area contributed by atoms with Crippen LogP contribution in [0.5, 0.6) is 0 Å². The van der Waals surface area contributed by atoms with Gasteiger partial charge in [-0.2, -0.15) is 0 Å². The Morgan fingerprint density at radius 1 is 0.466 bits per heavy atom. The van der Waals surface area contributed by atoms with Crippen LogP contribution >= 0.6 is 0 Å². The molecule has 1 aliphatic rings. The third kappa shape index (κ3) is 15.9. The first-order valence-corrected chi connectivity index (χ1v) is 19.3. The summed E-state index contributed by atoms with van der Waals surface area (Å²) in [6, 6.07) is 11.7. The smallest absolute Gasteiger partial charge is 0.414 e. The van der Waals surface area contributed by atoms with Crippen LogP contribution in [-0.4, -0.2) is 96.0 Å². The summed E-state index contributed by atoms with van der Waals surface area (Å²) in [6.45, 7) is 8.93. The number of nitrogens with one attached hydrogen (secondary N) is 8. The molecule has 1 fully saturated rings. The summed E-state index contributed by atoms with van der Waals surface area (Å²) in [7, 11) is 0. The number of carbonyl (C=O) groups is 8. The lowest BCUT2D eigenvalue weighted by molar-refractivity contribution is -0.132. The molecule has 316 valence electrons. The van der Waals surface area contributed by atoms with Gasteiger partial charge in [0.25, 0.3) is 11.8 Å². The Hall–Kier alpha value is -5.88. The maximum atomic E-state index is 13.1. The second-order valence-corrected chi connectivity index (χ2v) is 14.3. The molecule has 18 heteroatoms. The summed E-state index contributed by atoms with van der Waals surface area (Å²) in [5.74, 6) is -3.79. The minimum atomic E-state index is -1.10. The molecule has 0 aromatic heterocycles. The van der Waals surface area contributed by atoms with Crippen molar-refractivity contribution in [3.8, 4) is 0 Å². The third-order valence-electron chi connectivity index (χ3n) is 9.36. The minimum absolute atomic E-state index is 0.0372. The molecule has 1 saturated carbocycles. The molecule has 58 heavy (non-hydrogen) atoms. The number of ether oxygens (including phenoxy) is 2. The molecule has 2 aromatic rings. The second kappa shape index (κ2) is 23.4. The fraction of sp³-hybridized carbons (Fsp3) is 0.500. The van der Waals surface area contributed by atoms with E-state index in [0.29, 0.717) is 12.8 Å². The lowest BCUT2D eigenvalue weighted by atomic mass is 9.89. The van der Waals surface area contributed by atoms with Crippen molar-refractivity contribution in [3.63, 3.8) is 0 Å². The van der Waals surface area contributed by atoms with Gasteiger partial charge in [0.15, 0.2) is 0 Å². The van der Waals surface area contributed by atoms with Crippen molar-refractivity contribution in [1.29, 1.82) is 0 Å². The van der Waals surface area contributed by atoms with Crippen molar-refractivity contribution in [2.45, 2.75) is 129 Å². The highest BCUT2D eigenvalue weighted by molar-refractivity contribution is 5.98. The van der Waals surface area contributed by atoms with Crippen molar-refractivity contribution >= 4 is 47.6 Å². The Kier molecular flexibility index (Phi) is 18.7. The van der Waals surface area contributed by atoms with Crippen molar-refractivity contribution in [2.24, 2.45) is 0 Å². The maximum absolute atomic E-state index is 13.1. The summed E-state index contributed by atoms with van der Waals surface area (Å²) >= 11 is 0. The maximum Gasteiger partial charge on any atom is 0.414 e. The summed E-state index contributed by atoms with van der Waals surface area (Å²) < 4.78 is 10.1. The van der Waals surface area contributed by atoms with Crippen LogP contribution in [-0.2, 0) is 51.5 Å². The average Bonchev–Trinajstić information content (AvgIpc) is 3.20. The van der Waals surface area contributed by atoms with Gasteiger partial charge in [0.1, 0.15) is 37.4 Å². The SMILES string of the molecule is C[C@H](NC(=O)[C@@H](C)NC(=O)[C@H](C)N[C@@H]1CCCC[C@H]1N[C@@H](C)C(=O)N[C@H](C)C(=O)N[C@@H](C)C(=O)NC(=O)OCc1ccccc1)C(=O)NC(=O)OCc1ccccc1. The van der Waals surface area contributed by atoms with E-state index in [1.54, 1.807) is 62.4 Å². The molecule has 8 N–H and O–H groups in total. The number of hydrogen-bond acceptors (Lipinski definition) is 12. The number of rotatable bonds is 18. The first kappa shape index (κ1) is 46.5. The van der Waals surface area contributed by atoms with Gasteiger partial charge >= 0.3 is 12.2 Å². The van der Waals surface area contributed by atoms with Crippen LogP contribution in [0.2, 0.25) is 0 Å². The number of imide groups is 2. The van der Waals surface area contributed by atoms with Gasteiger partial charge in [0.2, 0.25) is 23.6 Å². The largest absolute Gasteiger partial charge is 0.444 e. The van der Waals surface area contributed by atoms with Gasteiger partial charge in [0.05, 0.1) is 12.1 Å². The van der Waals surface area contributed by atoms with Gasteiger partial charge < -0.3 is 41.4 Å². The van der Waals surface area contributed by atoms with Gasteiger partial charge in [-0.1, -0.05) is 73.5 Å². The zero-order valence-corrected chi connectivity index (χ0v) is 33.7. The number of benzene rings is 2. The average molecular weight is 809 g/mol. The quantitative estimate of drug-likeness (QED) is 0.106. The molecular weight excluding hydrogens is 752 g/mol. The van der Waals surface area contributed by atoms with E-state index in [0.717, 1.165) is 24.0 Å². The number of hydrogen-bond donors (Lipinski definition) is 8. The van der Waals surface area contributed by atoms with Gasteiger partial charge in [-0.05, 0) is 65.5 Å².